The van der Waals surface area contributed by atoms with Gasteiger partial charge in [-0.2, -0.15) is 0 Å². The minimum absolute atomic E-state index is 0.0288. The second-order valence-electron chi connectivity index (χ2n) is 3.53. The van der Waals surface area contributed by atoms with Crippen molar-refractivity contribution in [2.24, 2.45) is 5.92 Å². The molecule has 2 rings (SSSR count). The summed E-state index contributed by atoms with van der Waals surface area (Å²) in [5.74, 6) is 0.882. The monoisotopic (exact) mass is 212 g/mol. The summed E-state index contributed by atoms with van der Waals surface area (Å²) < 4.78 is 5.13. The van der Waals surface area contributed by atoms with Gasteiger partial charge in [0, 0.05) is 5.75 Å². The largest absolute Gasteiger partial charge is 0.475 e. The Kier molecular flexibility index (Phi) is 2.82. The van der Waals surface area contributed by atoms with Crippen LogP contribution in [0.25, 0.3) is 0 Å². The molecule has 0 aromatic carbocycles. The van der Waals surface area contributed by atoms with Gasteiger partial charge in [-0.1, -0.05) is 18.2 Å². The quantitative estimate of drug-likeness (QED) is 0.780. The summed E-state index contributed by atoms with van der Waals surface area (Å²) in [4.78, 5) is 10.5. The van der Waals surface area contributed by atoms with Crippen molar-refractivity contribution < 1.29 is 14.3 Å². The van der Waals surface area contributed by atoms with Gasteiger partial charge in [0.2, 0.25) is 5.76 Å². The van der Waals surface area contributed by atoms with Crippen LogP contribution in [0, 0.1) is 5.92 Å². The lowest BCUT2D eigenvalue weighted by molar-refractivity contribution is 0.0656. The van der Waals surface area contributed by atoms with Crippen LogP contribution in [0.4, 0.5) is 0 Å². The summed E-state index contributed by atoms with van der Waals surface area (Å²) in [6.45, 7) is 0. The van der Waals surface area contributed by atoms with Gasteiger partial charge < -0.3 is 9.52 Å². The summed E-state index contributed by atoms with van der Waals surface area (Å²) >= 11 is 1.61. The first-order valence-corrected chi connectivity index (χ1v) is 5.70. The zero-order valence-electron chi connectivity index (χ0n) is 7.73. The lowest BCUT2D eigenvalue weighted by atomic mass is 9.87. The Hall–Kier alpha value is -0.900. The van der Waals surface area contributed by atoms with Crippen LogP contribution in [0.5, 0.6) is 0 Å². The maximum atomic E-state index is 10.5. The first kappa shape index (κ1) is 9.65. The topological polar surface area (TPSA) is 50.4 Å². The fourth-order valence-electron chi connectivity index (χ4n) is 1.37. The molecule has 1 aliphatic rings. The SMILES string of the molecule is O=C(O)c1ccc(SCC2CCC2)o1. The molecule has 1 aromatic rings. The van der Waals surface area contributed by atoms with E-state index in [1.807, 2.05) is 0 Å². The van der Waals surface area contributed by atoms with E-state index >= 15 is 0 Å². The van der Waals surface area contributed by atoms with Gasteiger partial charge in [-0.05, 0) is 30.9 Å². The molecule has 0 saturated heterocycles. The van der Waals surface area contributed by atoms with Crippen molar-refractivity contribution >= 4 is 17.7 Å². The van der Waals surface area contributed by atoms with Crippen molar-refractivity contribution in [3.63, 3.8) is 0 Å². The summed E-state index contributed by atoms with van der Waals surface area (Å²) in [7, 11) is 0. The number of carbonyl (C=O) groups is 1. The van der Waals surface area contributed by atoms with Gasteiger partial charge in [0.05, 0.1) is 0 Å². The molecule has 4 heteroatoms. The zero-order chi connectivity index (χ0) is 9.97. The molecule has 3 nitrogen and oxygen atoms in total. The molecule has 1 fully saturated rings. The summed E-state index contributed by atoms with van der Waals surface area (Å²) in [5, 5.41) is 9.35. The minimum atomic E-state index is -1.000. The van der Waals surface area contributed by atoms with E-state index in [1.54, 1.807) is 17.8 Å². The first-order valence-electron chi connectivity index (χ1n) is 4.71. The number of aromatic carboxylic acids is 1. The van der Waals surface area contributed by atoms with E-state index < -0.39 is 5.97 Å². The van der Waals surface area contributed by atoms with Gasteiger partial charge in [-0.25, -0.2) is 4.79 Å². The molecule has 0 bridgehead atoms. The van der Waals surface area contributed by atoms with Crippen LogP contribution in [-0.4, -0.2) is 16.8 Å². The van der Waals surface area contributed by atoms with Crippen LogP contribution in [-0.2, 0) is 0 Å². The molecule has 0 spiro atoms. The molecule has 1 aliphatic carbocycles. The van der Waals surface area contributed by atoms with Crippen molar-refractivity contribution in [3.05, 3.63) is 17.9 Å². The standard InChI is InChI=1S/C10H12O3S/c11-10(12)8-4-5-9(13-8)14-6-7-2-1-3-7/h4-5,7H,1-3,6H2,(H,11,12). The maximum absolute atomic E-state index is 10.5. The molecule has 1 heterocycles. The average molecular weight is 212 g/mol. The van der Waals surface area contributed by atoms with E-state index in [1.165, 1.54) is 25.3 Å². The van der Waals surface area contributed by atoms with Gasteiger partial charge in [-0.15, -0.1) is 0 Å². The molecule has 0 aliphatic heterocycles. The van der Waals surface area contributed by atoms with Crippen LogP contribution in [0.3, 0.4) is 0 Å². The lowest BCUT2D eigenvalue weighted by Gasteiger charge is -2.23. The number of carboxylic acids is 1. The summed E-state index contributed by atoms with van der Waals surface area (Å²) in [6.07, 6.45) is 3.95. The van der Waals surface area contributed by atoms with Gasteiger partial charge in [0.25, 0.3) is 0 Å². The normalized spacial score (nSPS) is 16.6. The molecule has 1 aromatic heterocycles. The third kappa shape index (κ3) is 2.12. The molecule has 0 radical (unpaired) electrons. The predicted molar refractivity (Wildman–Crippen MR) is 53.7 cm³/mol. The Labute approximate surface area is 86.5 Å². The van der Waals surface area contributed by atoms with E-state index in [9.17, 15) is 4.79 Å². The van der Waals surface area contributed by atoms with Crippen molar-refractivity contribution in [2.75, 3.05) is 5.75 Å². The van der Waals surface area contributed by atoms with Crippen molar-refractivity contribution in [1.82, 2.24) is 0 Å². The third-order valence-corrected chi connectivity index (χ3v) is 3.62. The first-order chi connectivity index (χ1) is 6.75. The number of hydrogen-bond donors (Lipinski definition) is 1. The van der Waals surface area contributed by atoms with Gasteiger partial charge >= 0.3 is 5.97 Å². The lowest BCUT2D eigenvalue weighted by Crippen LogP contribution is -2.12. The number of rotatable bonds is 4. The second kappa shape index (κ2) is 4.09. The summed E-state index contributed by atoms with van der Waals surface area (Å²) in [5.41, 5.74) is 0. The Morgan fingerprint density at radius 3 is 2.86 bits per heavy atom. The molecule has 0 unspecified atom stereocenters. The Bertz CT molecular complexity index is 328. The van der Waals surface area contributed by atoms with Gasteiger partial charge in [-0.3, -0.25) is 0 Å². The van der Waals surface area contributed by atoms with E-state index in [-0.39, 0.29) is 5.76 Å². The van der Waals surface area contributed by atoms with Crippen molar-refractivity contribution in [1.29, 1.82) is 0 Å². The van der Waals surface area contributed by atoms with Gasteiger partial charge in [0.1, 0.15) is 0 Å². The second-order valence-corrected chi connectivity index (χ2v) is 4.56. The van der Waals surface area contributed by atoms with Crippen LogP contribution >= 0.6 is 11.8 Å². The number of hydrogen-bond acceptors (Lipinski definition) is 3. The highest BCUT2D eigenvalue weighted by Crippen LogP contribution is 2.32. The number of carboxylic acid groups (broad SMARTS) is 1. The molecule has 1 saturated carbocycles. The van der Waals surface area contributed by atoms with Crippen LogP contribution in [0.2, 0.25) is 0 Å². The van der Waals surface area contributed by atoms with Crippen LogP contribution < -0.4 is 0 Å². The van der Waals surface area contributed by atoms with Crippen molar-refractivity contribution in [3.8, 4) is 0 Å². The van der Waals surface area contributed by atoms with E-state index in [2.05, 4.69) is 0 Å². The fraction of sp³-hybridized carbons (Fsp3) is 0.500. The number of thioether (sulfide) groups is 1. The zero-order valence-corrected chi connectivity index (χ0v) is 8.55. The molecular formula is C10H12O3S. The molecular weight excluding hydrogens is 200 g/mol. The van der Waals surface area contributed by atoms with E-state index in [0.717, 1.165) is 11.7 Å². The molecule has 76 valence electrons. The fourth-order valence-corrected chi connectivity index (χ4v) is 2.42. The van der Waals surface area contributed by atoms with Crippen molar-refractivity contribution in [2.45, 2.75) is 24.4 Å². The highest BCUT2D eigenvalue weighted by atomic mass is 32.2. The highest BCUT2D eigenvalue weighted by molar-refractivity contribution is 7.99. The summed E-state index contributed by atoms with van der Waals surface area (Å²) in [6, 6.07) is 3.23. The van der Waals surface area contributed by atoms with Crippen LogP contribution in [0.1, 0.15) is 29.8 Å². The van der Waals surface area contributed by atoms with Gasteiger partial charge in [0.15, 0.2) is 5.09 Å². The average Bonchev–Trinajstić information content (AvgIpc) is 2.50. The van der Waals surface area contributed by atoms with E-state index in [0.29, 0.717) is 5.09 Å². The smallest absolute Gasteiger partial charge is 0.371 e. The molecule has 1 N–H and O–H groups in total. The predicted octanol–water partition coefficient (Wildman–Crippen LogP) is 2.87. The Morgan fingerprint density at radius 2 is 2.36 bits per heavy atom. The number of furan rings is 1. The maximum Gasteiger partial charge on any atom is 0.371 e. The minimum Gasteiger partial charge on any atom is -0.475 e. The third-order valence-electron chi connectivity index (χ3n) is 2.48. The Balaban J connectivity index is 1.86. The molecule has 0 atom stereocenters. The highest BCUT2D eigenvalue weighted by Gasteiger charge is 2.18. The van der Waals surface area contributed by atoms with E-state index in [4.69, 9.17) is 9.52 Å². The molecule has 0 amide bonds. The Morgan fingerprint density at radius 1 is 1.57 bits per heavy atom. The molecule has 14 heavy (non-hydrogen) atoms. The van der Waals surface area contributed by atoms with Crippen LogP contribution in [0.15, 0.2) is 21.6 Å².